The second-order valence-electron chi connectivity index (χ2n) is 6.96. The van der Waals surface area contributed by atoms with Crippen molar-refractivity contribution in [1.82, 2.24) is 0 Å². The van der Waals surface area contributed by atoms with Gasteiger partial charge in [0.15, 0.2) is 0 Å². The Bertz CT molecular complexity index is 1290. The van der Waals surface area contributed by atoms with E-state index in [4.69, 9.17) is 0 Å². The van der Waals surface area contributed by atoms with Crippen LogP contribution in [0.1, 0.15) is 5.56 Å². The molecule has 0 aliphatic carbocycles. The maximum atomic E-state index is 4.56. The smallest absolute Gasteiger partial charge is 0.0872 e. The van der Waals surface area contributed by atoms with Crippen LogP contribution in [0.15, 0.2) is 102 Å². The van der Waals surface area contributed by atoms with Crippen LogP contribution in [0.4, 0.5) is 5.69 Å². The number of nitrogens with zero attached hydrogens (tertiary/aromatic N) is 1. The molecule has 0 unspecified atom stereocenters. The van der Waals surface area contributed by atoms with Crippen LogP contribution in [-0.4, -0.2) is 6.34 Å². The van der Waals surface area contributed by atoms with E-state index in [-0.39, 0.29) is 0 Å². The van der Waals surface area contributed by atoms with Crippen molar-refractivity contribution in [2.45, 2.75) is 6.54 Å². The summed E-state index contributed by atoms with van der Waals surface area (Å²) in [5.41, 5.74) is 4.66. The average Bonchev–Trinajstić information content (AvgIpc) is 3.15. The Hall–Kier alpha value is -3.43. The summed E-state index contributed by atoms with van der Waals surface area (Å²) in [5.74, 6) is 0. The van der Waals surface area contributed by atoms with Crippen molar-refractivity contribution in [2.75, 3.05) is 5.32 Å². The molecule has 5 rings (SSSR count). The summed E-state index contributed by atoms with van der Waals surface area (Å²) >= 11 is 1.83. The minimum Gasteiger partial charge on any atom is -0.346 e. The van der Waals surface area contributed by atoms with E-state index in [0.29, 0.717) is 6.54 Å². The molecule has 2 nitrogen and oxygen atoms in total. The SMILES string of the molecule is C(=NCc1ccccc1)Nc1cc2sc3ccccc3c2cc1-c1ccccc1. The molecule has 1 heterocycles. The lowest BCUT2D eigenvalue weighted by atomic mass is 10.0. The van der Waals surface area contributed by atoms with E-state index in [1.165, 1.54) is 36.9 Å². The Balaban J connectivity index is 1.54. The Kier molecular flexibility index (Phi) is 4.81. The summed E-state index contributed by atoms with van der Waals surface area (Å²) < 4.78 is 2.60. The van der Waals surface area contributed by atoms with Crippen molar-refractivity contribution in [3.05, 3.63) is 103 Å². The van der Waals surface area contributed by atoms with Gasteiger partial charge in [-0.2, -0.15) is 0 Å². The molecule has 1 aromatic heterocycles. The zero-order valence-corrected chi connectivity index (χ0v) is 16.7. The lowest BCUT2D eigenvalue weighted by molar-refractivity contribution is 1.08. The van der Waals surface area contributed by atoms with Crippen LogP contribution < -0.4 is 5.32 Å². The quantitative estimate of drug-likeness (QED) is 0.245. The summed E-state index contributed by atoms with van der Waals surface area (Å²) in [6.07, 6.45) is 1.81. The van der Waals surface area contributed by atoms with Crippen LogP contribution in [0.2, 0.25) is 0 Å². The van der Waals surface area contributed by atoms with Gasteiger partial charge in [-0.05, 0) is 29.3 Å². The normalized spacial score (nSPS) is 11.4. The van der Waals surface area contributed by atoms with E-state index in [1.54, 1.807) is 0 Å². The second kappa shape index (κ2) is 7.90. The Morgan fingerprint density at radius 2 is 1.45 bits per heavy atom. The number of rotatable bonds is 5. The van der Waals surface area contributed by atoms with E-state index in [0.717, 1.165) is 5.69 Å². The van der Waals surface area contributed by atoms with E-state index in [2.05, 4.69) is 89.2 Å². The van der Waals surface area contributed by atoms with Crippen molar-refractivity contribution in [1.29, 1.82) is 0 Å². The number of fused-ring (bicyclic) bond motifs is 3. The summed E-state index contributed by atoms with van der Waals surface area (Å²) in [4.78, 5) is 4.56. The highest BCUT2D eigenvalue weighted by Crippen LogP contribution is 2.40. The molecule has 1 N–H and O–H groups in total. The van der Waals surface area contributed by atoms with Crippen LogP contribution in [0, 0.1) is 0 Å². The third kappa shape index (κ3) is 3.65. The highest BCUT2D eigenvalue weighted by atomic mass is 32.1. The first kappa shape index (κ1) is 17.7. The molecule has 5 aromatic rings. The molecule has 0 saturated heterocycles. The molecule has 0 saturated carbocycles. The van der Waals surface area contributed by atoms with Gasteiger partial charge in [0.05, 0.1) is 12.9 Å². The van der Waals surface area contributed by atoms with E-state index >= 15 is 0 Å². The van der Waals surface area contributed by atoms with Gasteiger partial charge in [-0.15, -0.1) is 11.3 Å². The molecular weight excluding hydrogens is 372 g/mol. The first-order valence-electron chi connectivity index (χ1n) is 9.68. The first-order valence-corrected chi connectivity index (χ1v) is 10.5. The number of aliphatic imine (C=N–C) groups is 1. The number of hydrogen-bond donors (Lipinski definition) is 1. The van der Waals surface area contributed by atoms with E-state index in [9.17, 15) is 0 Å². The van der Waals surface area contributed by atoms with Gasteiger partial charge in [0.2, 0.25) is 0 Å². The Morgan fingerprint density at radius 1 is 0.724 bits per heavy atom. The zero-order chi connectivity index (χ0) is 19.5. The highest BCUT2D eigenvalue weighted by molar-refractivity contribution is 7.25. The minimum absolute atomic E-state index is 0.666. The highest BCUT2D eigenvalue weighted by Gasteiger charge is 2.11. The molecular formula is C26H20N2S. The van der Waals surface area contributed by atoms with Gasteiger partial charge in [-0.3, -0.25) is 4.99 Å². The van der Waals surface area contributed by atoms with Gasteiger partial charge >= 0.3 is 0 Å². The summed E-state index contributed by atoms with van der Waals surface area (Å²) in [6.45, 7) is 0.666. The van der Waals surface area contributed by atoms with Gasteiger partial charge in [0.1, 0.15) is 0 Å². The number of hydrogen-bond acceptors (Lipinski definition) is 2. The Morgan fingerprint density at radius 3 is 2.28 bits per heavy atom. The minimum atomic E-state index is 0.666. The maximum absolute atomic E-state index is 4.56. The average molecular weight is 393 g/mol. The molecule has 0 aliphatic heterocycles. The summed E-state index contributed by atoms with van der Waals surface area (Å²) in [6, 6.07) is 34.0. The molecule has 0 radical (unpaired) electrons. The molecule has 0 atom stereocenters. The molecule has 140 valence electrons. The fourth-order valence-corrected chi connectivity index (χ4v) is 4.72. The molecule has 29 heavy (non-hydrogen) atoms. The van der Waals surface area contributed by atoms with Crippen LogP contribution in [0.3, 0.4) is 0 Å². The van der Waals surface area contributed by atoms with Crippen molar-refractivity contribution in [2.24, 2.45) is 4.99 Å². The predicted octanol–water partition coefficient (Wildman–Crippen LogP) is 7.36. The number of anilines is 1. The van der Waals surface area contributed by atoms with Crippen LogP contribution >= 0.6 is 11.3 Å². The number of thiophene rings is 1. The van der Waals surface area contributed by atoms with Crippen molar-refractivity contribution >= 4 is 43.5 Å². The van der Waals surface area contributed by atoms with Gasteiger partial charge < -0.3 is 5.32 Å². The molecule has 0 amide bonds. The van der Waals surface area contributed by atoms with Gasteiger partial charge in [0.25, 0.3) is 0 Å². The number of nitrogens with one attached hydrogen (secondary N) is 1. The topological polar surface area (TPSA) is 24.4 Å². The monoisotopic (exact) mass is 392 g/mol. The van der Waals surface area contributed by atoms with E-state index < -0.39 is 0 Å². The van der Waals surface area contributed by atoms with Crippen LogP contribution in [0.25, 0.3) is 31.3 Å². The fourth-order valence-electron chi connectivity index (χ4n) is 3.60. The lowest BCUT2D eigenvalue weighted by Crippen LogP contribution is -1.98. The standard InChI is InChI=1S/C26H20N2S/c1-3-9-19(10-4-1)17-27-18-28-24-16-26-23(21-13-7-8-14-25(21)29-26)15-22(24)20-11-5-2-6-12-20/h1-16,18H,17H2,(H,27,28). The third-order valence-electron chi connectivity index (χ3n) is 5.03. The van der Waals surface area contributed by atoms with Crippen LogP contribution in [-0.2, 0) is 6.54 Å². The third-order valence-corrected chi connectivity index (χ3v) is 6.16. The van der Waals surface area contributed by atoms with Crippen molar-refractivity contribution in [3.8, 4) is 11.1 Å². The summed E-state index contributed by atoms with van der Waals surface area (Å²) in [5, 5.41) is 6.05. The van der Waals surface area contributed by atoms with E-state index in [1.807, 2.05) is 35.9 Å². The fraction of sp³-hybridized carbons (Fsp3) is 0.0385. The molecule has 0 bridgehead atoms. The molecule has 3 heteroatoms. The van der Waals surface area contributed by atoms with Crippen molar-refractivity contribution < 1.29 is 0 Å². The summed E-state index contributed by atoms with van der Waals surface area (Å²) in [7, 11) is 0. The zero-order valence-electron chi connectivity index (χ0n) is 15.9. The Labute approximate surface area is 174 Å². The molecule has 0 aliphatic rings. The predicted molar refractivity (Wildman–Crippen MR) is 127 cm³/mol. The number of benzene rings is 4. The molecule has 4 aromatic carbocycles. The van der Waals surface area contributed by atoms with Crippen molar-refractivity contribution in [3.63, 3.8) is 0 Å². The molecule has 0 fully saturated rings. The lowest BCUT2D eigenvalue weighted by Gasteiger charge is -2.10. The van der Waals surface area contributed by atoms with Gasteiger partial charge in [0, 0.05) is 31.4 Å². The largest absolute Gasteiger partial charge is 0.346 e. The van der Waals surface area contributed by atoms with Crippen LogP contribution in [0.5, 0.6) is 0 Å². The maximum Gasteiger partial charge on any atom is 0.0872 e. The van der Waals surface area contributed by atoms with Gasteiger partial charge in [-0.1, -0.05) is 78.9 Å². The second-order valence-corrected chi connectivity index (χ2v) is 8.04. The molecule has 0 spiro atoms. The first-order chi connectivity index (χ1) is 14.4. The van der Waals surface area contributed by atoms with Gasteiger partial charge in [-0.25, -0.2) is 0 Å².